The Morgan fingerprint density at radius 3 is 2.53 bits per heavy atom. The minimum Gasteiger partial charge on any atom is -0.396 e. The predicted octanol–water partition coefficient (Wildman–Crippen LogP) is 3.42. The molecule has 1 atom stereocenters. The molecule has 11 heteroatoms. The van der Waals surface area contributed by atoms with Crippen molar-refractivity contribution in [3.63, 3.8) is 0 Å². The molecular weight excluding hydrogens is 448 g/mol. The van der Waals surface area contributed by atoms with E-state index in [-0.39, 0.29) is 30.8 Å². The molecule has 0 bridgehead atoms. The molecule has 1 aliphatic rings. The average molecular weight is 466 g/mol. The van der Waals surface area contributed by atoms with E-state index in [0.29, 0.717) is 29.3 Å². The summed E-state index contributed by atoms with van der Waals surface area (Å²) in [5.74, 6) is -0.466. The van der Waals surface area contributed by atoms with E-state index < -0.39 is 16.7 Å². The maximum Gasteiger partial charge on any atom is 0.425 e. The van der Waals surface area contributed by atoms with Crippen LogP contribution >= 0.6 is 11.3 Å². The number of benzene rings is 1. The number of thiophene rings is 1. The van der Waals surface area contributed by atoms with E-state index in [9.17, 15) is 27.5 Å². The van der Waals surface area contributed by atoms with Crippen molar-refractivity contribution < 1.29 is 22.7 Å². The standard InChI is InChI=1S/C21H18F4N4O2S/c22-15-3-1-13(2-4-15)17-7-8-28(9-14(17)11-30)19-26-12-29(20(31)27-19)10-16-5-6-18(32-16)21(23,24)25/h1-7,12,14,30H,8-11H2. The summed E-state index contributed by atoms with van der Waals surface area (Å²) in [5, 5.41) is 9.84. The largest absolute Gasteiger partial charge is 0.425 e. The van der Waals surface area contributed by atoms with Gasteiger partial charge < -0.3 is 10.0 Å². The molecule has 3 heterocycles. The van der Waals surface area contributed by atoms with Crippen molar-refractivity contribution in [3.8, 4) is 0 Å². The normalized spacial score (nSPS) is 16.8. The van der Waals surface area contributed by atoms with Crippen LogP contribution in [0, 0.1) is 11.7 Å². The lowest BCUT2D eigenvalue weighted by Crippen LogP contribution is -2.38. The smallest absolute Gasteiger partial charge is 0.396 e. The molecule has 32 heavy (non-hydrogen) atoms. The fourth-order valence-electron chi connectivity index (χ4n) is 3.52. The van der Waals surface area contributed by atoms with Gasteiger partial charge in [-0.1, -0.05) is 18.2 Å². The minimum atomic E-state index is -4.42. The number of hydrogen-bond acceptors (Lipinski definition) is 6. The quantitative estimate of drug-likeness (QED) is 0.584. The topological polar surface area (TPSA) is 71.2 Å². The zero-order valence-corrected chi connectivity index (χ0v) is 17.4. The van der Waals surface area contributed by atoms with Crippen LogP contribution in [-0.4, -0.2) is 39.3 Å². The maximum atomic E-state index is 13.2. The van der Waals surface area contributed by atoms with Gasteiger partial charge in [-0.3, -0.25) is 4.57 Å². The first kappa shape index (κ1) is 22.2. The Morgan fingerprint density at radius 1 is 1.16 bits per heavy atom. The third-order valence-electron chi connectivity index (χ3n) is 5.11. The van der Waals surface area contributed by atoms with Crippen molar-refractivity contribution in [1.29, 1.82) is 0 Å². The van der Waals surface area contributed by atoms with Crippen LogP contribution < -0.4 is 10.6 Å². The van der Waals surface area contributed by atoms with Crippen molar-refractivity contribution in [3.05, 3.63) is 80.4 Å². The molecule has 3 aromatic rings. The monoisotopic (exact) mass is 466 g/mol. The van der Waals surface area contributed by atoms with Crippen molar-refractivity contribution >= 4 is 22.9 Å². The molecule has 0 radical (unpaired) electrons. The Kier molecular flexibility index (Phi) is 6.11. The third-order valence-corrected chi connectivity index (χ3v) is 6.23. The van der Waals surface area contributed by atoms with Crippen LogP contribution in [0.4, 0.5) is 23.5 Å². The number of aromatic nitrogens is 3. The first-order chi connectivity index (χ1) is 15.2. The molecule has 1 unspecified atom stereocenters. The van der Waals surface area contributed by atoms with Crippen LogP contribution in [0.5, 0.6) is 0 Å². The highest BCUT2D eigenvalue weighted by Gasteiger charge is 2.32. The van der Waals surface area contributed by atoms with Gasteiger partial charge in [0, 0.05) is 23.9 Å². The molecule has 1 N–H and O–H groups in total. The van der Waals surface area contributed by atoms with E-state index in [1.165, 1.54) is 24.5 Å². The lowest BCUT2D eigenvalue weighted by Gasteiger charge is -2.32. The van der Waals surface area contributed by atoms with E-state index in [1.54, 1.807) is 17.0 Å². The van der Waals surface area contributed by atoms with Crippen molar-refractivity contribution in [2.45, 2.75) is 12.7 Å². The van der Waals surface area contributed by atoms with Crippen LogP contribution in [0.3, 0.4) is 0 Å². The van der Waals surface area contributed by atoms with Crippen molar-refractivity contribution in [2.24, 2.45) is 5.92 Å². The van der Waals surface area contributed by atoms with Gasteiger partial charge in [-0.15, -0.1) is 11.3 Å². The second kappa shape index (κ2) is 8.83. The number of aliphatic hydroxyl groups excluding tert-OH is 1. The second-order valence-corrected chi connectivity index (χ2v) is 8.45. The molecule has 6 nitrogen and oxygen atoms in total. The van der Waals surface area contributed by atoms with E-state index in [2.05, 4.69) is 9.97 Å². The second-order valence-electron chi connectivity index (χ2n) is 7.28. The fourth-order valence-corrected chi connectivity index (χ4v) is 4.40. The number of rotatable bonds is 5. The highest BCUT2D eigenvalue weighted by atomic mass is 32.1. The van der Waals surface area contributed by atoms with E-state index in [0.717, 1.165) is 21.8 Å². The zero-order chi connectivity index (χ0) is 22.9. The van der Waals surface area contributed by atoms with Gasteiger partial charge >= 0.3 is 11.9 Å². The van der Waals surface area contributed by atoms with Gasteiger partial charge in [-0.25, -0.2) is 14.2 Å². The Morgan fingerprint density at radius 2 is 1.91 bits per heavy atom. The SMILES string of the molecule is O=c1nc(N2CC=C(c3ccc(F)cc3)C(CO)C2)ncn1Cc1ccc(C(F)(F)F)s1. The van der Waals surface area contributed by atoms with Crippen LogP contribution in [0.2, 0.25) is 0 Å². The van der Waals surface area contributed by atoms with Gasteiger partial charge in [0.2, 0.25) is 5.95 Å². The van der Waals surface area contributed by atoms with E-state index in [1.807, 2.05) is 6.08 Å². The third kappa shape index (κ3) is 4.73. The summed E-state index contributed by atoms with van der Waals surface area (Å²) in [6.45, 7) is 0.514. The van der Waals surface area contributed by atoms with Crippen LogP contribution in [0.1, 0.15) is 15.3 Å². The summed E-state index contributed by atoms with van der Waals surface area (Å²) in [6, 6.07) is 8.30. The Labute approximate surface area is 184 Å². The molecule has 1 aliphatic heterocycles. The van der Waals surface area contributed by atoms with E-state index in [4.69, 9.17) is 0 Å². The Bertz CT molecular complexity index is 1190. The molecule has 0 saturated heterocycles. The van der Waals surface area contributed by atoms with Crippen molar-refractivity contribution in [2.75, 3.05) is 24.6 Å². The van der Waals surface area contributed by atoms with Gasteiger partial charge in [0.15, 0.2) is 0 Å². The maximum absolute atomic E-state index is 13.2. The first-order valence-corrected chi connectivity index (χ1v) is 10.5. The molecular formula is C21H18F4N4O2S. The van der Waals surface area contributed by atoms with Gasteiger partial charge in [-0.05, 0) is 35.4 Å². The van der Waals surface area contributed by atoms with Gasteiger partial charge in [0.25, 0.3) is 0 Å². The number of aliphatic hydroxyl groups is 1. The van der Waals surface area contributed by atoms with Gasteiger partial charge in [0.05, 0.1) is 13.2 Å². The number of hydrogen-bond donors (Lipinski definition) is 1. The summed E-state index contributed by atoms with van der Waals surface area (Å²) in [6.07, 6.45) is -1.30. The molecule has 0 amide bonds. The van der Waals surface area contributed by atoms with Crippen molar-refractivity contribution in [1.82, 2.24) is 14.5 Å². The predicted molar refractivity (Wildman–Crippen MR) is 112 cm³/mol. The molecule has 0 aliphatic carbocycles. The Balaban J connectivity index is 1.51. The number of anilines is 1. The van der Waals surface area contributed by atoms with Gasteiger partial charge in [0.1, 0.15) is 17.0 Å². The summed E-state index contributed by atoms with van der Waals surface area (Å²) < 4.78 is 52.6. The number of nitrogens with zero attached hydrogens (tertiary/aromatic N) is 4. The fraction of sp³-hybridized carbons (Fsp3) is 0.286. The minimum absolute atomic E-state index is 0.0618. The number of halogens is 4. The van der Waals surface area contributed by atoms with E-state index >= 15 is 0 Å². The molecule has 0 saturated carbocycles. The molecule has 0 fully saturated rings. The average Bonchev–Trinajstić information content (AvgIpc) is 3.25. The van der Waals surface area contributed by atoms with Crippen LogP contribution in [0.25, 0.3) is 5.57 Å². The highest BCUT2D eigenvalue weighted by molar-refractivity contribution is 7.12. The molecule has 2 aromatic heterocycles. The molecule has 1 aromatic carbocycles. The lowest BCUT2D eigenvalue weighted by atomic mass is 9.90. The Hall–Kier alpha value is -3.05. The lowest BCUT2D eigenvalue weighted by molar-refractivity contribution is -0.134. The summed E-state index contributed by atoms with van der Waals surface area (Å²) in [7, 11) is 0. The summed E-state index contributed by atoms with van der Waals surface area (Å²) in [4.78, 5) is 21.9. The van der Waals surface area contributed by atoms with Gasteiger partial charge in [-0.2, -0.15) is 18.2 Å². The van der Waals surface area contributed by atoms with Crippen LogP contribution in [0.15, 0.2) is 53.6 Å². The zero-order valence-electron chi connectivity index (χ0n) is 16.6. The number of alkyl halides is 3. The summed E-state index contributed by atoms with van der Waals surface area (Å²) >= 11 is 0.568. The molecule has 0 spiro atoms. The molecule has 168 valence electrons. The summed E-state index contributed by atoms with van der Waals surface area (Å²) in [5.41, 5.74) is 1.04. The molecule has 4 rings (SSSR count). The first-order valence-electron chi connectivity index (χ1n) is 9.66. The van der Waals surface area contributed by atoms with Crippen LogP contribution in [-0.2, 0) is 12.7 Å². The highest BCUT2D eigenvalue weighted by Crippen LogP contribution is 2.34.